The topological polar surface area (TPSA) is 0 Å². The second kappa shape index (κ2) is 7.24. The number of halogens is 3. The minimum Gasteiger partial charge on any atom is -0.207 e. The fourth-order valence-corrected chi connectivity index (χ4v) is 3.22. The SMILES string of the molecule is CCCCc1ccc(C(Cl)c2c(F)cccc2Br)cc1. The maximum absolute atomic E-state index is 13.9. The van der Waals surface area contributed by atoms with Crippen molar-refractivity contribution in [2.45, 2.75) is 31.6 Å². The summed E-state index contributed by atoms with van der Waals surface area (Å²) in [6.07, 6.45) is 3.44. The van der Waals surface area contributed by atoms with Gasteiger partial charge in [-0.2, -0.15) is 0 Å². The van der Waals surface area contributed by atoms with Crippen LogP contribution in [-0.2, 0) is 6.42 Å². The molecule has 0 fully saturated rings. The first-order valence-electron chi connectivity index (χ1n) is 6.80. The van der Waals surface area contributed by atoms with Crippen molar-refractivity contribution in [2.24, 2.45) is 0 Å². The lowest BCUT2D eigenvalue weighted by Crippen LogP contribution is -1.99. The molecule has 0 aliphatic carbocycles. The summed E-state index contributed by atoms with van der Waals surface area (Å²) in [5, 5.41) is -0.481. The zero-order chi connectivity index (χ0) is 14.5. The Morgan fingerprint density at radius 3 is 2.45 bits per heavy atom. The molecule has 0 N–H and O–H groups in total. The van der Waals surface area contributed by atoms with Gasteiger partial charge >= 0.3 is 0 Å². The molecule has 0 aliphatic heterocycles. The molecule has 0 nitrogen and oxygen atoms in total. The summed E-state index contributed by atoms with van der Waals surface area (Å²) in [5.41, 5.74) is 2.71. The number of benzene rings is 2. The van der Waals surface area contributed by atoms with Gasteiger partial charge in [0.05, 0.1) is 5.38 Å². The highest BCUT2D eigenvalue weighted by molar-refractivity contribution is 9.10. The Morgan fingerprint density at radius 2 is 1.85 bits per heavy atom. The smallest absolute Gasteiger partial charge is 0.129 e. The molecule has 0 saturated carbocycles. The zero-order valence-corrected chi connectivity index (χ0v) is 13.7. The lowest BCUT2D eigenvalue weighted by molar-refractivity contribution is 0.611. The van der Waals surface area contributed by atoms with Gasteiger partial charge in [-0.1, -0.05) is 59.6 Å². The third kappa shape index (κ3) is 3.62. The molecule has 0 heterocycles. The Balaban J connectivity index is 2.23. The molecule has 20 heavy (non-hydrogen) atoms. The molecule has 0 bridgehead atoms. The molecule has 0 aromatic heterocycles. The lowest BCUT2D eigenvalue weighted by atomic mass is 10.0. The highest BCUT2D eigenvalue weighted by Crippen LogP contribution is 2.35. The van der Waals surface area contributed by atoms with Crippen LogP contribution in [0.4, 0.5) is 4.39 Å². The third-order valence-electron chi connectivity index (χ3n) is 3.34. The number of hydrogen-bond acceptors (Lipinski definition) is 0. The van der Waals surface area contributed by atoms with Crippen LogP contribution >= 0.6 is 27.5 Å². The van der Waals surface area contributed by atoms with Crippen LogP contribution in [0.2, 0.25) is 0 Å². The standard InChI is InChI=1S/C17H17BrClF/c1-2-3-5-12-8-10-13(11-9-12)17(19)16-14(18)6-4-7-15(16)20/h4,6-11,17H,2-3,5H2,1H3. The van der Waals surface area contributed by atoms with Crippen LogP contribution < -0.4 is 0 Å². The largest absolute Gasteiger partial charge is 0.207 e. The summed E-state index contributed by atoms with van der Waals surface area (Å²) >= 11 is 9.80. The van der Waals surface area contributed by atoms with E-state index in [4.69, 9.17) is 11.6 Å². The molecule has 1 atom stereocenters. The first-order chi connectivity index (χ1) is 9.63. The summed E-state index contributed by atoms with van der Waals surface area (Å²) in [4.78, 5) is 0. The third-order valence-corrected chi connectivity index (χ3v) is 4.51. The summed E-state index contributed by atoms with van der Waals surface area (Å²) in [6, 6.07) is 13.0. The maximum atomic E-state index is 13.9. The van der Waals surface area contributed by atoms with E-state index in [0.717, 1.165) is 12.0 Å². The van der Waals surface area contributed by atoms with E-state index < -0.39 is 5.38 Å². The number of unbranched alkanes of at least 4 members (excludes halogenated alkanes) is 1. The molecule has 2 rings (SSSR count). The summed E-state index contributed by atoms with van der Waals surface area (Å²) in [5.74, 6) is -0.283. The molecular weight excluding hydrogens is 339 g/mol. The molecule has 2 aromatic rings. The van der Waals surface area contributed by atoms with Crippen molar-refractivity contribution in [2.75, 3.05) is 0 Å². The Morgan fingerprint density at radius 1 is 1.15 bits per heavy atom. The Bertz CT molecular complexity index is 545. The second-order valence-electron chi connectivity index (χ2n) is 4.84. The van der Waals surface area contributed by atoms with E-state index in [0.29, 0.717) is 10.0 Å². The Hall–Kier alpha value is -0.860. The summed E-state index contributed by atoms with van der Waals surface area (Å²) in [7, 11) is 0. The zero-order valence-electron chi connectivity index (χ0n) is 11.4. The van der Waals surface area contributed by atoms with Crippen molar-refractivity contribution in [3.63, 3.8) is 0 Å². The predicted molar refractivity (Wildman–Crippen MR) is 86.9 cm³/mol. The van der Waals surface area contributed by atoms with Crippen LogP contribution in [0, 0.1) is 5.82 Å². The van der Waals surface area contributed by atoms with Crippen molar-refractivity contribution in [1.29, 1.82) is 0 Å². The van der Waals surface area contributed by atoms with Gasteiger partial charge in [-0.05, 0) is 36.1 Å². The van der Waals surface area contributed by atoms with Gasteiger partial charge in [0.25, 0.3) is 0 Å². The quantitative estimate of drug-likeness (QED) is 0.555. The fraction of sp³-hybridized carbons (Fsp3) is 0.294. The molecule has 3 heteroatoms. The van der Waals surface area contributed by atoms with Gasteiger partial charge in [-0.15, -0.1) is 11.6 Å². The molecule has 0 amide bonds. The van der Waals surface area contributed by atoms with E-state index in [2.05, 4.69) is 35.0 Å². The van der Waals surface area contributed by atoms with E-state index in [-0.39, 0.29) is 5.82 Å². The van der Waals surface area contributed by atoms with Gasteiger partial charge in [-0.25, -0.2) is 4.39 Å². The van der Waals surface area contributed by atoms with Gasteiger partial charge in [-0.3, -0.25) is 0 Å². The van der Waals surface area contributed by atoms with Crippen LogP contribution in [0.5, 0.6) is 0 Å². The maximum Gasteiger partial charge on any atom is 0.129 e. The molecular formula is C17H17BrClF. The summed E-state index contributed by atoms with van der Waals surface area (Å²) < 4.78 is 14.6. The summed E-state index contributed by atoms with van der Waals surface area (Å²) in [6.45, 7) is 2.18. The van der Waals surface area contributed by atoms with E-state index in [1.807, 2.05) is 18.2 Å². The molecule has 0 aliphatic rings. The average molecular weight is 356 g/mol. The van der Waals surface area contributed by atoms with Crippen LogP contribution in [-0.4, -0.2) is 0 Å². The normalized spacial score (nSPS) is 12.4. The van der Waals surface area contributed by atoms with Crippen LogP contribution in [0.3, 0.4) is 0 Å². The van der Waals surface area contributed by atoms with Crippen molar-refractivity contribution in [3.05, 3.63) is 69.4 Å². The highest BCUT2D eigenvalue weighted by Gasteiger charge is 2.18. The Kier molecular flexibility index (Phi) is 5.62. The van der Waals surface area contributed by atoms with Crippen molar-refractivity contribution in [3.8, 4) is 0 Å². The lowest BCUT2D eigenvalue weighted by Gasteiger charge is -2.14. The van der Waals surface area contributed by atoms with Crippen molar-refractivity contribution >= 4 is 27.5 Å². The monoisotopic (exact) mass is 354 g/mol. The first kappa shape index (κ1) is 15.5. The first-order valence-corrected chi connectivity index (χ1v) is 8.03. The van der Waals surface area contributed by atoms with Crippen LogP contribution in [0.1, 0.15) is 41.8 Å². The predicted octanol–water partition coefficient (Wildman–Crippen LogP) is 6.26. The number of alkyl halides is 1. The van der Waals surface area contributed by atoms with Crippen LogP contribution in [0.15, 0.2) is 46.9 Å². The van der Waals surface area contributed by atoms with Crippen LogP contribution in [0.25, 0.3) is 0 Å². The minimum atomic E-state index is -0.481. The van der Waals surface area contributed by atoms with Gasteiger partial charge < -0.3 is 0 Å². The molecule has 0 saturated heterocycles. The molecule has 106 valence electrons. The fourth-order valence-electron chi connectivity index (χ4n) is 2.15. The molecule has 1 unspecified atom stereocenters. The van der Waals surface area contributed by atoms with E-state index in [9.17, 15) is 4.39 Å². The van der Waals surface area contributed by atoms with Crippen molar-refractivity contribution < 1.29 is 4.39 Å². The number of hydrogen-bond donors (Lipinski definition) is 0. The van der Waals surface area contributed by atoms with E-state index in [1.165, 1.54) is 24.5 Å². The number of aryl methyl sites for hydroxylation is 1. The van der Waals surface area contributed by atoms with Gasteiger partial charge in [0, 0.05) is 10.0 Å². The van der Waals surface area contributed by atoms with Gasteiger partial charge in [0.2, 0.25) is 0 Å². The molecule has 0 spiro atoms. The van der Waals surface area contributed by atoms with Gasteiger partial charge in [0.15, 0.2) is 0 Å². The Labute approximate surface area is 133 Å². The number of rotatable bonds is 5. The minimum absolute atomic E-state index is 0.283. The van der Waals surface area contributed by atoms with Crippen molar-refractivity contribution in [1.82, 2.24) is 0 Å². The highest BCUT2D eigenvalue weighted by atomic mass is 79.9. The van der Waals surface area contributed by atoms with Gasteiger partial charge in [0.1, 0.15) is 5.82 Å². The molecule has 0 radical (unpaired) electrons. The molecule has 2 aromatic carbocycles. The van der Waals surface area contributed by atoms with E-state index >= 15 is 0 Å². The second-order valence-corrected chi connectivity index (χ2v) is 6.13. The van der Waals surface area contributed by atoms with E-state index in [1.54, 1.807) is 6.07 Å². The average Bonchev–Trinajstić information content (AvgIpc) is 2.45.